The average Bonchev–Trinajstić information content (AvgIpc) is 2.13. The van der Waals surface area contributed by atoms with E-state index < -0.39 is 6.04 Å². The van der Waals surface area contributed by atoms with Crippen molar-refractivity contribution in [2.45, 2.75) is 39.8 Å². The predicted molar refractivity (Wildman–Crippen MR) is 63.7 cm³/mol. The van der Waals surface area contributed by atoms with Gasteiger partial charge in [0.05, 0.1) is 12.6 Å². The predicted octanol–water partition coefficient (Wildman–Crippen LogP) is -0.0473. The molecule has 3 N–H and O–H groups in total. The average molecular weight is 229 g/mol. The molecule has 1 atom stereocenters. The highest BCUT2D eigenvalue weighted by atomic mass is 16.2. The van der Waals surface area contributed by atoms with Gasteiger partial charge in [-0.25, -0.2) is 0 Å². The molecule has 0 fully saturated rings. The quantitative estimate of drug-likeness (QED) is 0.694. The van der Waals surface area contributed by atoms with Crippen LogP contribution in [0, 0.1) is 5.92 Å². The molecule has 5 heteroatoms. The molecule has 0 radical (unpaired) electrons. The molecule has 0 aliphatic rings. The molecule has 16 heavy (non-hydrogen) atoms. The molecule has 0 aromatic rings. The van der Waals surface area contributed by atoms with Crippen molar-refractivity contribution < 1.29 is 9.59 Å². The van der Waals surface area contributed by atoms with Gasteiger partial charge in [-0.2, -0.15) is 0 Å². The second-order valence-electron chi connectivity index (χ2n) is 4.69. The highest BCUT2D eigenvalue weighted by Crippen LogP contribution is 2.01. The zero-order valence-corrected chi connectivity index (χ0v) is 10.8. The van der Waals surface area contributed by atoms with Gasteiger partial charge >= 0.3 is 0 Å². The summed E-state index contributed by atoms with van der Waals surface area (Å²) in [6.07, 6.45) is 0. The summed E-state index contributed by atoms with van der Waals surface area (Å²) in [7, 11) is 1.59. The summed E-state index contributed by atoms with van der Waals surface area (Å²) < 4.78 is 0. The minimum absolute atomic E-state index is 0.0530. The van der Waals surface area contributed by atoms with Crippen molar-refractivity contribution in [2.24, 2.45) is 11.7 Å². The van der Waals surface area contributed by atoms with Crippen LogP contribution in [0.3, 0.4) is 0 Å². The molecule has 0 aliphatic carbocycles. The molecule has 94 valence electrons. The van der Waals surface area contributed by atoms with Crippen LogP contribution in [-0.4, -0.2) is 42.4 Å². The van der Waals surface area contributed by atoms with E-state index in [0.29, 0.717) is 0 Å². The van der Waals surface area contributed by atoms with Crippen molar-refractivity contribution in [3.8, 4) is 0 Å². The Bertz CT molecular complexity index is 252. The van der Waals surface area contributed by atoms with E-state index in [0.717, 1.165) is 0 Å². The highest BCUT2D eigenvalue weighted by Gasteiger charge is 2.22. The maximum Gasteiger partial charge on any atom is 0.239 e. The number of nitrogens with zero attached hydrogens (tertiary/aromatic N) is 1. The third kappa shape index (κ3) is 5.11. The van der Waals surface area contributed by atoms with Gasteiger partial charge in [0.2, 0.25) is 11.8 Å². The second kappa shape index (κ2) is 6.48. The van der Waals surface area contributed by atoms with Crippen LogP contribution >= 0.6 is 0 Å². The number of carbonyl (C=O) groups excluding carboxylic acids is 2. The van der Waals surface area contributed by atoms with Crippen LogP contribution in [0.15, 0.2) is 0 Å². The summed E-state index contributed by atoms with van der Waals surface area (Å²) in [4.78, 5) is 24.5. The minimum atomic E-state index is -0.545. The molecule has 0 bridgehead atoms. The van der Waals surface area contributed by atoms with E-state index in [2.05, 4.69) is 5.32 Å². The zero-order valence-electron chi connectivity index (χ0n) is 10.8. The van der Waals surface area contributed by atoms with Gasteiger partial charge in [0.15, 0.2) is 0 Å². The Morgan fingerprint density at radius 3 is 2.12 bits per heavy atom. The molecule has 0 aliphatic heterocycles. The van der Waals surface area contributed by atoms with Gasteiger partial charge < -0.3 is 16.0 Å². The number of likely N-dealkylation sites (N-methyl/N-ethyl adjacent to an activating group) is 1. The number of nitrogens with one attached hydrogen (secondary N) is 1. The minimum Gasteiger partial charge on any atom is -0.352 e. The van der Waals surface area contributed by atoms with Crippen LogP contribution in [0.25, 0.3) is 0 Å². The first-order valence-corrected chi connectivity index (χ1v) is 5.55. The zero-order chi connectivity index (χ0) is 12.9. The van der Waals surface area contributed by atoms with Gasteiger partial charge in [0, 0.05) is 13.1 Å². The smallest absolute Gasteiger partial charge is 0.239 e. The lowest BCUT2D eigenvalue weighted by Gasteiger charge is -2.23. The lowest BCUT2D eigenvalue weighted by Crippen LogP contribution is -2.48. The molecular formula is C11H23N3O2. The molecule has 0 heterocycles. The number of hydrogen-bond acceptors (Lipinski definition) is 3. The SMILES string of the molecule is CC(C)NC(=O)CN(C)C(=O)[C@H](N)C(C)C. The van der Waals surface area contributed by atoms with Crippen molar-refractivity contribution in [1.82, 2.24) is 10.2 Å². The Balaban J connectivity index is 4.20. The third-order valence-corrected chi connectivity index (χ3v) is 2.21. The highest BCUT2D eigenvalue weighted by molar-refractivity contribution is 5.87. The van der Waals surface area contributed by atoms with Crippen LogP contribution in [0.5, 0.6) is 0 Å². The van der Waals surface area contributed by atoms with Crippen LogP contribution in [0.1, 0.15) is 27.7 Å². The van der Waals surface area contributed by atoms with E-state index in [1.54, 1.807) is 7.05 Å². The van der Waals surface area contributed by atoms with Crippen molar-refractivity contribution in [2.75, 3.05) is 13.6 Å². The molecule has 0 spiro atoms. The summed E-state index contributed by atoms with van der Waals surface area (Å²) in [6.45, 7) is 7.56. The fraction of sp³-hybridized carbons (Fsp3) is 0.818. The van der Waals surface area contributed by atoms with Gasteiger partial charge in [0.1, 0.15) is 0 Å². The lowest BCUT2D eigenvalue weighted by atomic mass is 10.0. The molecule has 0 saturated carbocycles. The largest absolute Gasteiger partial charge is 0.352 e. The fourth-order valence-electron chi connectivity index (χ4n) is 1.20. The summed E-state index contributed by atoms with van der Waals surface area (Å²) in [5, 5.41) is 2.72. The lowest BCUT2D eigenvalue weighted by molar-refractivity contribution is -0.136. The first-order chi connectivity index (χ1) is 7.25. The monoisotopic (exact) mass is 229 g/mol. The van der Waals surface area contributed by atoms with Crippen LogP contribution < -0.4 is 11.1 Å². The second-order valence-corrected chi connectivity index (χ2v) is 4.69. The molecule has 2 amide bonds. The Morgan fingerprint density at radius 2 is 1.75 bits per heavy atom. The van der Waals surface area contributed by atoms with Crippen LogP contribution in [0.4, 0.5) is 0 Å². The van der Waals surface area contributed by atoms with E-state index in [4.69, 9.17) is 5.73 Å². The number of hydrogen-bond donors (Lipinski definition) is 2. The molecule has 0 unspecified atom stereocenters. The Kier molecular flexibility index (Phi) is 6.03. The summed E-state index contributed by atoms with van der Waals surface area (Å²) in [6, 6.07) is -0.466. The molecule has 0 aromatic heterocycles. The van der Waals surface area contributed by atoms with Crippen molar-refractivity contribution in [3.05, 3.63) is 0 Å². The first-order valence-electron chi connectivity index (χ1n) is 5.55. The van der Waals surface area contributed by atoms with E-state index in [1.165, 1.54) is 4.90 Å². The standard InChI is InChI=1S/C11H23N3O2/c1-7(2)10(12)11(16)14(5)6-9(15)13-8(3)4/h7-8,10H,6,12H2,1-5H3,(H,13,15)/t10-/m1/s1. The molecule has 0 aromatic carbocycles. The topological polar surface area (TPSA) is 75.4 Å². The van der Waals surface area contributed by atoms with Gasteiger partial charge in [-0.3, -0.25) is 9.59 Å². The van der Waals surface area contributed by atoms with Crippen LogP contribution in [-0.2, 0) is 9.59 Å². The first kappa shape index (κ1) is 14.9. The fourth-order valence-corrected chi connectivity index (χ4v) is 1.20. The van der Waals surface area contributed by atoms with Gasteiger partial charge in [0.25, 0.3) is 0 Å². The summed E-state index contributed by atoms with van der Waals surface area (Å²) in [5.74, 6) is -0.293. The Hall–Kier alpha value is -1.10. The normalized spacial score (nSPS) is 12.8. The van der Waals surface area contributed by atoms with Gasteiger partial charge in [-0.05, 0) is 19.8 Å². The number of nitrogens with two attached hydrogens (primary N) is 1. The van der Waals surface area contributed by atoms with Crippen molar-refractivity contribution >= 4 is 11.8 Å². The van der Waals surface area contributed by atoms with Crippen LogP contribution in [0.2, 0.25) is 0 Å². The summed E-state index contributed by atoms with van der Waals surface area (Å²) >= 11 is 0. The Morgan fingerprint density at radius 1 is 1.25 bits per heavy atom. The third-order valence-electron chi connectivity index (χ3n) is 2.21. The van der Waals surface area contributed by atoms with Gasteiger partial charge in [-0.1, -0.05) is 13.8 Å². The van der Waals surface area contributed by atoms with E-state index in [-0.39, 0.29) is 30.3 Å². The van der Waals surface area contributed by atoms with E-state index in [9.17, 15) is 9.59 Å². The van der Waals surface area contributed by atoms with Gasteiger partial charge in [-0.15, -0.1) is 0 Å². The molecule has 0 rings (SSSR count). The molecule has 5 nitrogen and oxygen atoms in total. The number of carbonyl (C=O) groups is 2. The maximum atomic E-state index is 11.7. The molecule has 0 saturated heterocycles. The van der Waals surface area contributed by atoms with Crippen molar-refractivity contribution in [1.29, 1.82) is 0 Å². The molecular weight excluding hydrogens is 206 g/mol. The summed E-state index contributed by atoms with van der Waals surface area (Å²) in [5.41, 5.74) is 5.71. The Labute approximate surface area is 97.4 Å². The number of amides is 2. The van der Waals surface area contributed by atoms with Crippen molar-refractivity contribution in [3.63, 3.8) is 0 Å². The van der Waals surface area contributed by atoms with E-state index >= 15 is 0 Å². The maximum absolute atomic E-state index is 11.7. The number of rotatable bonds is 5. The van der Waals surface area contributed by atoms with E-state index in [1.807, 2.05) is 27.7 Å².